The summed E-state index contributed by atoms with van der Waals surface area (Å²) in [5.74, 6) is 3.24. The smallest absolute Gasteiger partial charge is 0.246 e. The van der Waals surface area contributed by atoms with E-state index in [-0.39, 0.29) is 12.5 Å². The number of carbonyl (C=O) groups is 1. The number of nitrogens with zero attached hydrogens (tertiary/aromatic N) is 5. The van der Waals surface area contributed by atoms with Gasteiger partial charge in [-0.1, -0.05) is 19.3 Å². The molecule has 1 aliphatic heterocycles. The van der Waals surface area contributed by atoms with Crippen molar-refractivity contribution in [3.05, 3.63) is 18.2 Å². The molecule has 8 heteroatoms. The summed E-state index contributed by atoms with van der Waals surface area (Å²) in [6, 6.07) is 5.45. The molecule has 0 unspecified atom stereocenters. The molecule has 2 aromatic rings. The van der Waals surface area contributed by atoms with Crippen LogP contribution < -0.4 is 9.47 Å². The quantitative estimate of drug-likeness (QED) is 0.786. The Bertz CT molecular complexity index is 837. The van der Waals surface area contributed by atoms with Crippen molar-refractivity contribution < 1.29 is 14.3 Å². The first-order valence-corrected chi connectivity index (χ1v) is 9.96. The van der Waals surface area contributed by atoms with Gasteiger partial charge in [0.25, 0.3) is 0 Å². The second-order valence-electron chi connectivity index (χ2n) is 7.65. The molecule has 8 nitrogen and oxygen atoms in total. The van der Waals surface area contributed by atoms with Crippen LogP contribution in [0.4, 0.5) is 0 Å². The lowest BCUT2D eigenvalue weighted by molar-refractivity contribution is -0.135. The largest absolute Gasteiger partial charge is 0.493 e. The number of amides is 1. The van der Waals surface area contributed by atoms with E-state index in [1.54, 1.807) is 26.4 Å². The monoisotopic (exact) mass is 385 g/mol. The number of likely N-dealkylation sites (tertiary alicyclic amines) is 1. The van der Waals surface area contributed by atoms with Gasteiger partial charge in [-0.15, -0.1) is 10.2 Å². The summed E-state index contributed by atoms with van der Waals surface area (Å²) in [6.45, 7) is 1.84. The molecule has 0 radical (unpaired) electrons. The van der Waals surface area contributed by atoms with E-state index in [2.05, 4.69) is 15.4 Å². The van der Waals surface area contributed by atoms with Crippen LogP contribution in [-0.2, 0) is 11.3 Å². The number of aromatic nitrogens is 4. The van der Waals surface area contributed by atoms with Gasteiger partial charge in [0, 0.05) is 18.7 Å². The summed E-state index contributed by atoms with van der Waals surface area (Å²) in [7, 11) is 3.17. The summed E-state index contributed by atoms with van der Waals surface area (Å²) in [4.78, 5) is 16.1. The van der Waals surface area contributed by atoms with Gasteiger partial charge in [0.1, 0.15) is 6.54 Å². The number of ether oxygens (including phenoxy) is 2. The number of hydrogen-bond acceptors (Lipinski definition) is 6. The maximum absolute atomic E-state index is 12.7. The Labute approximate surface area is 164 Å². The van der Waals surface area contributed by atoms with E-state index in [1.165, 1.54) is 30.5 Å². The molecular weight excluding hydrogens is 358 g/mol. The first kappa shape index (κ1) is 18.7. The standard InChI is InChI=1S/C20H27N5O3/c1-27-17-8-7-15(11-18(17)28-2)20-21-23-25(22-20)13-19(26)24-10-9-14-5-3-4-6-16(14)12-24/h7-8,11,14,16H,3-6,9-10,12-13H2,1-2H3/t14-,16-/m0/s1. The molecule has 0 bridgehead atoms. The van der Waals surface area contributed by atoms with Crippen molar-refractivity contribution in [1.82, 2.24) is 25.1 Å². The van der Waals surface area contributed by atoms with Gasteiger partial charge in [0.15, 0.2) is 11.5 Å². The van der Waals surface area contributed by atoms with Gasteiger partial charge in [-0.25, -0.2) is 0 Å². The number of benzene rings is 1. The van der Waals surface area contributed by atoms with Crippen LogP contribution in [0.1, 0.15) is 32.1 Å². The lowest BCUT2D eigenvalue weighted by atomic mass is 9.75. The lowest BCUT2D eigenvalue weighted by Crippen LogP contribution is -2.46. The number of piperidine rings is 1. The molecule has 150 valence electrons. The van der Waals surface area contributed by atoms with E-state index in [1.807, 2.05) is 11.0 Å². The van der Waals surface area contributed by atoms with Crippen LogP contribution in [0, 0.1) is 11.8 Å². The molecule has 1 aromatic carbocycles. The molecule has 1 aromatic heterocycles. The number of tetrazole rings is 1. The molecule has 2 fully saturated rings. The number of rotatable bonds is 5. The van der Waals surface area contributed by atoms with E-state index in [0.29, 0.717) is 23.2 Å². The first-order valence-electron chi connectivity index (χ1n) is 9.96. The molecule has 1 aliphatic carbocycles. The SMILES string of the molecule is COc1ccc(-c2nnn(CC(=O)N3CC[C@@H]4CCCC[C@H]4C3)n2)cc1OC. The highest BCUT2D eigenvalue weighted by Crippen LogP contribution is 2.36. The highest BCUT2D eigenvalue weighted by Gasteiger charge is 2.33. The van der Waals surface area contributed by atoms with Crippen molar-refractivity contribution in [2.75, 3.05) is 27.3 Å². The van der Waals surface area contributed by atoms with Crippen molar-refractivity contribution in [3.8, 4) is 22.9 Å². The van der Waals surface area contributed by atoms with Gasteiger partial charge >= 0.3 is 0 Å². The van der Waals surface area contributed by atoms with Crippen LogP contribution in [0.5, 0.6) is 11.5 Å². The van der Waals surface area contributed by atoms with Crippen molar-refractivity contribution in [3.63, 3.8) is 0 Å². The fraction of sp³-hybridized carbons (Fsp3) is 0.600. The number of fused-ring (bicyclic) bond motifs is 1. The van der Waals surface area contributed by atoms with E-state index < -0.39 is 0 Å². The fourth-order valence-corrected chi connectivity index (χ4v) is 4.45. The average Bonchev–Trinajstić information content (AvgIpc) is 3.21. The molecule has 2 aliphatic rings. The van der Waals surface area contributed by atoms with Crippen LogP contribution in [-0.4, -0.2) is 58.3 Å². The lowest BCUT2D eigenvalue weighted by Gasteiger charge is -2.41. The van der Waals surface area contributed by atoms with Gasteiger partial charge in [-0.05, 0) is 48.1 Å². The third kappa shape index (κ3) is 3.81. The van der Waals surface area contributed by atoms with Crippen molar-refractivity contribution in [1.29, 1.82) is 0 Å². The van der Waals surface area contributed by atoms with Crippen LogP contribution in [0.15, 0.2) is 18.2 Å². The zero-order valence-electron chi connectivity index (χ0n) is 16.5. The minimum absolute atomic E-state index is 0.0697. The average molecular weight is 385 g/mol. The second kappa shape index (κ2) is 8.16. The van der Waals surface area contributed by atoms with Crippen LogP contribution in [0.3, 0.4) is 0 Å². The minimum atomic E-state index is 0.0697. The van der Waals surface area contributed by atoms with Gasteiger partial charge in [-0.3, -0.25) is 4.79 Å². The summed E-state index contributed by atoms with van der Waals surface area (Å²) in [5.41, 5.74) is 0.763. The van der Waals surface area contributed by atoms with Crippen LogP contribution in [0.2, 0.25) is 0 Å². The molecule has 2 heterocycles. The molecule has 1 saturated carbocycles. The maximum atomic E-state index is 12.7. The minimum Gasteiger partial charge on any atom is -0.493 e. The predicted octanol–water partition coefficient (Wildman–Crippen LogP) is 2.40. The van der Waals surface area contributed by atoms with E-state index >= 15 is 0 Å². The van der Waals surface area contributed by atoms with E-state index in [4.69, 9.17) is 9.47 Å². The Balaban J connectivity index is 1.41. The third-order valence-electron chi connectivity index (χ3n) is 6.02. The van der Waals surface area contributed by atoms with Crippen LogP contribution in [0.25, 0.3) is 11.4 Å². The topological polar surface area (TPSA) is 82.4 Å². The summed E-state index contributed by atoms with van der Waals surface area (Å²) in [6.07, 6.45) is 6.34. The highest BCUT2D eigenvalue weighted by atomic mass is 16.5. The predicted molar refractivity (Wildman–Crippen MR) is 103 cm³/mol. The normalized spacial score (nSPS) is 21.9. The first-order chi connectivity index (χ1) is 13.7. The number of carbonyl (C=O) groups excluding carboxylic acids is 1. The number of hydrogen-bond donors (Lipinski definition) is 0. The maximum Gasteiger partial charge on any atom is 0.246 e. The Morgan fingerprint density at radius 1 is 1.11 bits per heavy atom. The third-order valence-corrected chi connectivity index (χ3v) is 6.02. The highest BCUT2D eigenvalue weighted by molar-refractivity contribution is 5.76. The number of methoxy groups -OCH3 is 2. The molecule has 0 spiro atoms. The van der Waals surface area contributed by atoms with Crippen molar-refractivity contribution in [2.24, 2.45) is 11.8 Å². The molecule has 1 amide bonds. The van der Waals surface area contributed by atoms with E-state index in [9.17, 15) is 4.79 Å². The Hall–Kier alpha value is -2.64. The van der Waals surface area contributed by atoms with Crippen molar-refractivity contribution in [2.45, 2.75) is 38.6 Å². The van der Waals surface area contributed by atoms with Gasteiger partial charge in [0.05, 0.1) is 14.2 Å². The molecule has 0 N–H and O–H groups in total. The zero-order valence-corrected chi connectivity index (χ0v) is 16.5. The fourth-order valence-electron chi connectivity index (χ4n) is 4.45. The summed E-state index contributed by atoms with van der Waals surface area (Å²) < 4.78 is 10.6. The van der Waals surface area contributed by atoms with Gasteiger partial charge in [-0.2, -0.15) is 4.80 Å². The van der Waals surface area contributed by atoms with Crippen molar-refractivity contribution >= 4 is 5.91 Å². The molecule has 1 saturated heterocycles. The molecule has 28 heavy (non-hydrogen) atoms. The van der Waals surface area contributed by atoms with Gasteiger partial charge in [0.2, 0.25) is 11.7 Å². The summed E-state index contributed by atoms with van der Waals surface area (Å²) in [5, 5.41) is 12.5. The Morgan fingerprint density at radius 2 is 1.89 bits per heavy atom. The van der Waals surface area contributed by atoms with E-state index in [0.717, 1.165) is 31.0 Å². The second-order valence-corrected chi connectivity index (χ2v) is 7.65. The summed E-state index contributed by atoms with van der Waals surface area (Å²) >= 11 is 0. The Morgan fingerprint density at radius 3 is 2.68 bits per heavy atom. The molecule has 2 atom stereocenters. The van der Waals surface area contributed by atoms with Gasteiger partial charge < -0.3 is 14.4 Å². The molecular formula is C20H27N5O3. The van der Waals surface area contributed by atoms with Crippen LogP contribution >= 0.6 is 0 Å². The Kier molecular flexibility index (Phi) is 5.45. The zero-order chi connectivity index (χ0) is 19.5. The molecule has 4 rings (SSSR count).